The average molecular weight is 443 g/mol. The van der Waals surface area contributed by atoms with E-state index in [9.17, 15) is 9.90 Å². The zero-order valence-electron chi connectivity index (χ0n) is 17.6. The van der Waals surface area contributed by atoms with Gasteiger partial charge in [0.1, 0.15) is 5.69 Å². The maximum atomic E-state index is 11.7. The number of imidazole rings is 1. The Morgan fingerprint density at radius 1 is 1.21 bits per heavy atom. The predicted octanol–water partition coefficient (Wildman–Crippen LogP) is 2.44. The van der Waals surface area contributed by atoms with Gasteiger partial charge >= 0.3 is 0 Å². The summed E-state index contributed by atoms with van der Waals surface area (Å²) < 4.78 is 7.24. The predicted molar refractivity (Wildman–Crippen MR) is 123 cm³/mol. The number of fused-ring (bicyclic) bond motifs is 2. The summed E-state index contributed by atoms with van der Waals surface area (Å²) in [7, 11) is 0. The van der Waals surface area contributed by atoms with Gasteiger partial charge in [-0.2, -0.15) is 0 Å². The molecule has 10 nitrogen and oxygen atoms in total. The number of aliphatic hydroxyl groups excluding tert-OH is 1. The highest BCUT2D eigenvalue weighted by Gasteiger charge is 2.21. The van der Waals surface area contributed by atoms with Gasteiger partial charge in [-0.1, -0.05) is 0 Å². The van der Waals surface area contributed by atoms with Crippen molar-refractivity contribution >= 4 is 34.4 Å². The molecule has 33 heavy (non-hydrogen) atoms. The van der Waals surface area contributed by atoms with Crippen molar-refractivity contribution in [1.82, 2.24) is 19.4 Å². The third-order valence-electron chi connectivity index (χ3n) is 5.79. The number of nitrogens with zero attached hydrogens (tertiary/aromatic N) is 5. The topological polar surface area (TPSA) is 117 Å². The highest BCUT2D eigenvalue weighted by atomic mass is 16.5. The number of anilines is 4. The monoisotopic (exact) mass is 443 g/mol. The third-order valence-corrected chi connectivity index (χ3v) is 5.79. The molecule has 0 spiro atoms. The van der Waals surface area contributed by atoms with Crippen LogP contribution in [-0.2, 0) is 4.79 Å². The second kappa shape index (κ2) is 7.75. The molecule has 0 saturated carbocycles. The second-order valence-electron chi connectivity index (χ2n) is 8.11. The van der Waals surface area contributed by atoms with Crippen LogP contribution in [0.25, 0.3) is 16.9 Å². The Morgan fingerprint density at radius 3 is 2.91 bits per heavy atom. The number of nitrogens with one attached hydrogen (secondary N) is 2. The molecule has 0 aliphatic carbocycles. The zero-order chi connectivity index (χ0) is 22.4. The molecule has 0 unspecified atom stereocenters. The van der Waals surface area contributed by atoms with Crippen LogP contribution in [0.1, 0.15) is 6.42 Å². The quantitative estimate of drug-likeness (QED) is 0.440. The summed E-state index contributed by atoms with van der Waals surface area (Å²) in [6, 6.07) is 9.84. The van der Waals surface area contributed by atoms with Crippen LogP contribution < -0.4 is 20.3 Å². The Balaban J connectivity index is 1.32. The van der Waals surface area contributed by atoms with Gasteiger partial charge < -0.3 is 29.8 Å². The highest BCUT2D eigenvalue weighted by Crippen LogP contribution is 2.31. The van der Waals surface area contributed by atoms with Crippen LogP contribution in [0.15, 0.2) is 55.1 Å². The molecule has 1 fully saturated rings. The van der Waals surface area contributed by atoms with E-state index >= 15 is 0 Å². The first kappa shape index (κ1) is 19.5. The molecule has 6 rings (SSSR count). The summed E-state index contributed by atoms with van der Waals surface area (Å²) in [5.41, 5.74) is 4.56. The Labute approximate surface area is 188 Å². The standard InChI is InChI=1S/C23H21N7O3/c31-17-5-7-29(11-17)16-3-1-15(2-4-16)26-21-22-24-6-8-30(22)12-19(28-21)14-9-18-23(25-10-14)33-13-20(32)27-18/h1-4,6,8-10,12,17,31H,5,7,11,13H2,(H,26,28)(H,27,32)/t17-/m0/s1. The zero-order valence-corrected chi connectivity index (χ0v) is 17.6. The molecule has 1 amide bonds. The summed E-state index contributed by atoms with van der Waals surface area (Å²) in [5.74, 6) is 0.777. The number of aromatic nitrogens is 4. The van der Waals surface area contributed by atoms with Gasteiger partial charge in [-0.05, 0) is 36.8 Å². The first-order chi connectivity index (χ1) is 16.1. The number of carbonyl (C=O) groups is 1. The molecular weight excluding hydrogens is 422 g/mol. The molecule has 1 saturated heterocycles. The van der Waals surface area contributed by atoms with Gasteiger partial charge in [0.2, 0.25) is 5.88 Å². The SMILES string of the molecule is O=C1COc2ncc(-c3cn4ccnc4c(Nc4ccc(N5CC[C@H](O)C5)cc4)n3)cc2N1. The molecule has 0 bridgehead atoms. The first-order valence-corrected chi connectivity index (χ1v) is 10.7. The lowest BCUT2D eigenvalue weighted by Crippen LogP contribution is -2.25. The lowest BCUT2D eigenvalue weighted by molar-refractivity contribution is -0.118. The van der Waals surface area contributed by atoms with E-state index in [2.05, 4.69) is 25.5 Å². The van der Waals surface area contributed by atoms with Crippen molar-refractivity contribution in [2.75, 3.05) is 35.2 Å². The van der Waals surface area contributed by atoms with Gasteiger partial charge in [0.25, 0.3) is 5.91 Å². The number of hydrogen-bond donors (Lipinski definition) is 3. The maximum absolute atomic E-state index is 11.7. The van der Waals surface area contributed by atoms with E-state index in [1.165, 1.54) is 0 Å². The minimum absolute atomic E-state index is 0.0379. The van der Waals surface area contributed by atoms with E-state index in [1.54, 1.807) is 18.5 Å². The molecule has 2 aliphatic heterocycles. The molecule has 4 aromatic rings. The third kappa shape index (κ3) is 3.70. The number of rotatable bonds is 4. The van der Waals surface area contributed by atoms with E-state index in [1.807, 2.05) is 41.1 Å². The van der Waals surface area contributed by atoms with Crippen molar-refractivity contribution in [2.45, 2.75) is 12.5 Å². The molecule has 0 radical (unpaired) electrons. The summed E-state index contributed by atoms with van der Waals surface area (Å²) in [6.45, 7) is 1.47. The van der Waals surface area contributed by atoms with Crippen molar-refractivity contribution in [3.63, 3.8) is 0 Å². The molecule has 166 valence electrons. The Kier molecular flexibility index (Phi) is 4.58. The maximum Gasteiger partial charge on any atom is 0.262 e. The number of amides is 1. The summed E-state index contributed by atoms with van der Waals surface area (Å²) in [4.78, 5) is 27.4. The lowest BCUT2D eigenvalue weighted by Gasteiger charge is -2.18. The van der Waals surface area contributed by atoms with Crippen LogP contribution >= 0.6 is 0 Å². The van der Waals surface area contributed by atoms with E-state index in [0.29, 0.717) is 35.3 Å². The number of carbonyl (C=O) groups excluding carboxylic acids is 1. The minimum atomic E-state index is -0.263. The number of hydrogen-bond acceptors (Lipinski definition) is 8. The lowest BCUT2D eigenvalue weighted by atomic mass is 10.2. The van der Waals surface area contributed by atoms with E-state index < -0.39 is 0 Å². The smallest absolute Gasteiger partial charge is 0.262 e. The summed E-state index contributed by atoms with van der Waals surface area (Å²) >= 11 is 0. The van der Waals surface area contributed by atoms with Gasteiger partial charge in [0, 0.05) is 54.8 Å². The van der Waals surface area contributed by atoms with Gasteiger partial charge in [0.15, 0.2) is 18.1 Å². The van der Waals surface area contributed by atoms with Crippen molar-refractivity contribution in [3.05, 3.63) is 55.1 Å². The average Bonchev–Trinajstić information content (AvgIpc) is 3.48. The van der Waals surface area contributed by atoms with Gasteiger partial charge in [-0.25, -0.2) is 15.0 Å². The fraction of sp³-hybridized carbons (Fsp3) is 0.217. The molecule has 5 heterocycles. The summed E-state index contributed by atoms with van der Waals surface area (Å²) in [5, 5.41) is 15.9. The number of aliphatic hydroxyl groups is 1. The number of pyridine rings is 1. The number of benzene rings is 1. The Hall–Kier alpha value is -4.18. The molecule has 3 aromatic heterocycles. The summed E-state index contributed by atoms with van der Waals surface area (Å²) in [6.07, 6.45) is 7.63. The van der Waals surface area contributed by atoms with E-state index in [-0.39, 0.29) is 18.6 Å². The van der Waals surface area contributed by atoms with Gasteiger partial charge in [0.05, 0.1) is 11.8 Å². The van der Waals surface area contributed by atoms with Crippen molar-refractivity contribution in [2.24, 2.45) is 0 Å². The van der Waals surface area contributed by atoms with E-state index in [4.69, 9.17) is 9.72 Å². The van der Waals surface area contributed by atoms with Crippen molar-refractivity contribution in [1.29, 1.82) is 0 Å². The van der Waals surface area contributed by atoms with Gasteiger partial charge in [-0.15, -0.1) is 0 Å². The Bertz CT molecular complexity index is 1350. The minimum Gasteiger partial charge on any atom is -0.466 e. The largest absolute Gasteiger partial charge is 0.466 e. The van der Waals surface area contributed by atoms with Crippen LogP contribution in [0.4, 0.5) is 22.9 Å². The normalized spacial score (nSPS) is 17.5. The molecule has 10 heteroatoms. The fourth-order valence-electron chi connectivity index (χ4n) is 4.14. The van der Waals surface area contributed by atoms with Crippen LogP contribution in [0.2, 0.25) is 0 Å². The number of β-amino-alcohol motifs (C(OH)–C–C–N with tert-alkyl or cyclic N) is 1. The fourth-order valence-corrected chi connectivity index (χ4v) is 4.14. The van der Waals surface area contributed by atoms with Crippen molar-refractivity contribution in [3.8, 4) is 17.1 Å². The van der Waals surface area contributed by atoms with Crippen molar-refractivity contribution < 1.29 is 14.6 Å². The molecule has 1 atom stereocenters. The molecular formula is C23H21N7O3. The molecule has 1 aromatic carbocycles. The van der Waals surface area contributed by atoms with Crippen LogP contribution in [0.5, 0.6) is 5.88 Å². The first-order valence-electron chi connectivity index (χ1n) is 10.7. The highest BCUT2D eigenvalue weighted by molar-refractivity contribution is 5.95. The molecule has 3 N–H and O–H groups in total. The van der Waals surface area contributed by atoms with Crippen LogP contribution in [-0.4, -0.2) is 56.2 Å². The molecule has 2 aliphatic rings. The number of ether oxygens (including phenoxy) is 1. The van der Waals surface area contributed by atoms with Crippen LogP contribution in [0.3, 0.4) is 0 Å². The van der Waals surface area contributed by atoms with E-state index in [0.717, 1.165) is 29.9 Å². The van der Waals surface area contributed by atoms with Crippen LogP contribution in [0, 0.1) is 0 Å². The second-order valence-corrected chi connectivity index (χ2v) is 8.11. The van der Waals surface area contributed by atoms with Gasteiger partial charge in [-0.3, -0.25) is 4.79 Å². The Morgan fingerprint density at radius 2 is 2.09 bits per heavy atom.